The van der Waals surface area contributed by atoms with E-state index in [4.69, 9.17) is 5.73 Å². The summed E-state index contributed by atoms with van der Waals surface area (Å²) < 4.78 is 39.6. The molecule has 23 heavy (non-hydrogen) atoms. The Balaban J connectivity index is 0.00000264. The summed E-state index contributed by atoms with van der Waals surface area (Å²) in [6.45, 7) is 1.35. The summed E-state index contributed by atoms with van der Waals surface area (Å²) in [4.78, 5) is 12.1. The Hall–Kier alpha value is -1.31. The van der Waals surface area contributed by atoms with Crippen LogP contribution in [0.1, 0.15) is 31.2 Å². The first-order chi connectivity index (χ1) is 10.5. The van der Waals surface area contributed by atoms with E-state index >= 15 is 0 Å². The van der Waals surface area contributed by atoms with Crippen molar-refractivity contribution in [1.29, 1.82) is 0 Å². The number of nitrogens with one attached hydrogen (secondary N) is 1. The van der Waals surface area contributed by atoms with Gasteiger partial charge in [0, 0.05) is 31.6 Å². The van der Waals surface area contributed by atoms with Crippen LogP contribution in [0.15, 0.2) is 12.1 Å². The quantitative estimate of drug-likeness (QED) is 0.818. The maximum Gasteiger partial charge on any atom is 0.238 e. The van der Waals surface area contributed by atoms with Gasteiger partial charge in [-0.1, -0.05) is 6.42 Å². The molecule has 1 fully saturated rings. The van der Waals surface area contributed by atoms with Crippen molar-refractivity contribution < 1.29 is 18.0 Å². The van der Waals surface area contributed by atoms with Crippen molar-refractivity contribution in [3.8, 4) is 0 Å². The number of halogens is 4. The Morgan fingerprint density at radius 3 is 2.61 bits per heavy atom. The summed E-state index contributed by atoms with van der Waals surface area (Å²) in [6.07, 6.45) is 2.98. The van der Waals surface area contributed by atoms with Gasteiger partial charge in [-0.05, 0) is 30.9 Å². The van der Waals surface area contributed by atoms with Gasteiger partial charge in [0.25, 0.3) is 0 Å². The lowest BCUT2D eigenvalue weighted by atomic mass is 10.0. The minimum absolute atomic E-state index is 0. The van der Waals surface area contributed by atoms with E-state index < -0.39 is 23.5 Å². The number of hydrogen-bond acceptors (Lipinski definition) is 3. The Morgan fingerprint density at radius 1 is 1.17 bits per heavy atom. The first-order valence-corrected chi connectivity index (χ1v) is 7.40. The highest BCUT2D eigenvalue weighted by atomic mass is 35.5. The van der Waals surface area contributed by atoms with E-state index in [1.54, 1.807) is 0 Å². The smallest absolute Gasteiger partial charge is 0.238 e. The molecule has 8 heteroatoms. The average Bonchev–Trinajstić information content (AvgIpc) is 2.73. The lowest BCUT2D eigenvalue weighted by Crippen LogP contribution is -2.45. The zero-order chi connectivity index (χ0) is 16.1. The lowest BCUT2D eigenvalue weighted by Gasteiger charge is -2.23. The molecule has 0 spiro atoms. The zero-order valence-electron chi connectivity index (χ0n) is 12.7. The molecule has 1 aromatic carbocycles. The van der Waals surface area contributed by atoms with E-state index in [0.717, 1.165) is 31.9 Å². The van der Waals surface area contributed by atoms with Gasteiger partial charge in [0.2, 0.25) is 5.91 Å². The molecule has 1 aliphatic heterocycles. The van der Waals surface area contributed by atoms with E-state index in [9.17, 15) is 18.0 Å². The summed E-state index contributed by atoms with van der Waals surface area (Å²) >= 11 is 0. The molecule has 1 amide bonds. The van der Waals surface area contributed by atoms with Gasteiger partial charge in [-0.3, -0.25) is 9.80 Å². The molecule has 0 aromatic heterocycles. The van der Waals surface area contributed by atoms with Gasteiger partial charge in [-0.2, -0.15) is 0 Å². The second-order valence-electron chi connectivity index (χ2n) is 5.54. The van der Waals surface area contributed by atoms with Crippen molar-refractivity contribution in [1.82, 2.24) is 10.4 Å². The van der Waals surface area contributed by atoms with Crippen molar-refractivity contribution in [3.05, 3.63) is 35.1 Å². The first kappa shape index (κ1) is 19.7. The number of carbonyl (C=O) groups is 1. The van der Waals surface area contributed by atoms with Crippen molar-refractivity contribution in [2.45, 2.75) is 38.1 Å². The molecule has 0 bridgehead atoms. The fraction of sp³-hybridized carbons (Fsp3) is 0.533. The van der Waals surface area contributed by atoms with Gasteiger partial charge >= 0.3 is 0 Å². The summed E-state index contributed by atoms with van der Waals surface area (Å²) in [6, 6.07) is 0.631. The molecule has 2 rings (SSSR count). The molecule has 0 radical (unpaired) electrons. The van der Waals surface area contributed by atoms with Crippen LogP contribution in [0.4, 0.5) is 13.2 Å². The molecule has 1 saturated heterocycles. The van der Waals surface area contributed by atoms with E-state index in [-0.39, 0.29) is 36.7 Å². The number of rotatable bonds is 4. The normalized spacial score (nSPS) is 16.4. The number of nitrogens with two attached hydrogens (primary N) is 1. The average molecular weight is 352 g/mol. The number of hydrazine groups is 1. The Morgan fingerprint density at radius 2 is 1.87 bits per heavy atom. The van der Waals surface area contributed by atoms with Gasteiger partial charge in [-0.15, -0.1) is 12.4 Å². The van der Waals surface area contributed by atoms with Crippen LogP contribution >= 0.6 is 12.4 Å². The summed E-state index contributed by atoms with van der Waals surface area (Å²) in [5.74, 6) is -3.38. The molecule has 1 aromatic rings. The third-order valence-electron chi connectivity index (χ3n) is 3.67. The number of nitrogens with zero attached hydrogens (tertiary/aromatic N) is 1. The van der Waals surface area contributed by atoms with Gasteiger partial charge in [0.05, 0.1) is 0 Å². The summed E-state index contributed by atoms with van der Waals surface area (Å²) in [7, 11) is 0. The molecular weight excluding hydrogens is 331 g/mol. The Bertz CT molecular complexity index is 537. The third-order valence-corrected chi connectivity index (χ3v) is 3.67. The van der Waals surface area contributed by atoms with Crippen molar-refractivity contribution in [2.24, 2.45) is 5.73 Å². The Labute approximate surface area is 139 Å². The van der Waals surface area contributed by atoms with E-state index in [2.05, 4.69) is 5.43 Å². The van der Waals surface area contributed by atoms with Crippen molar-refractivity contribution >= 4 is 18.3 Å². The molecule has 130 valence electrons. The van der Waals surface area contributed by atoms with Gasteiger partial charge in [0.15, 0.2) is 11.6 Å². The maximum absolute atomic E-state index is 13.6. The maximum atomic E-state index is 13.6. The molecule has 1 heterocycles. The van der Waals surface area contributed by atoms with E-state index in [1.807, 2.05) is 0 Å². The standard InChI is InChI=1S/C15H20F3N3O.ClH/c16-12-9-14(18)13(17)7-10(12)6-11(19)8-15(22)21-5-3-1-2-4-20-21;/h7,9,11,20H,1-6,8,19H2;1H/t11-;/m1./s1. The topological polar surface area (TPSA) is 58.4 Å². The second-order valence-corrected chi connectivity index (χ2v) is 5.54. The number of benzene rings is 1. The minimum atomic E-state index is -1.24. The summed E-state index contributed by atoms with van der Waals surface area (Å²) in [5, 5.41) is 1.54. The highest BCUT2D eigenvalue weighted by molar-refractivity contribution is 5.85. The largest absolute Gasteiger partial charge is 0.327 e. The summed E-state index contributed by atoms with van der Waals surface area (Å²) in [5.41, 5.74) is 8.85. The predicted octanol–water partition coefficient (Wildman–Crippen LogP) is 2.30. The molecule has 3 N–H and O–H groups in total. The van der Waals surface area contributed by atoms with Gasteiger partial charge in [-0.25, -0.2) is 18.6 Å². The zero-order valence-corrected chi connectivity index (χ0v) is 13.5. The molecule has 0 aliphatic carbocycles. The Kier molecular flexibility index (Phi) is 7.81. The SMILES string of the molecule is Cl.N[C@@H](CC(=O)N1CCCCCN1)Cc1cc(F)c(F)cc1F. The highest BCUT2D eigenvalue weighted by Gasteiger charge is 2.20. The molecular formula is C15H21ClF3N3O. The van der Waals surface area contributed by atoms with Crippen LogP contribution in [0, 0.1) is 17.5 Å². The highest BCUT2D eigenvalue weighted by Crippen LogP contribution is 2.16. The molecule has 1 aliphatic rings. The lowest BCUT2D eigenvalue weighted by molar-refractivity contribution is -0.134. The van der Waals surface area contributed by atoms with Crippen LogP contribution in [0.3, 0.4) is 0 Å². The monoisotopic (exact) mass is 351 g/mol. The second kappa shape index (κ2) is 9.10. The van der Waals surface area contributed by atoms with Gasteiger partial charge in [0.1, 0.15) is 5.82 Å². The number of amides is 1. The fourth-order valence-corrected chi connectivity index (χ4v) is 2.49. The number of hydrogen-bond donors (Lipinski definition) is 2. The minimum Gasteiger partial charge on any atom is -0.327 e. The predicted molar refractivity (Wildman–Crippen MR) is 83.4 cm³/mol. The van der Waals surface area contributed by atoms with Crippen LogP contribution in [0.2, 0.25) is 0 Å². The van der Waals surface area contributed by atoms with Gasteiger partial charge < -0.3 is 5.73 Å². The first-order valence-electron chi connectivity index (χ1n) is 7.40. The molecule has 1 atom stereocenters. The third kappa shape index (κ3) is 5.67. The fourth-order valence-electron chi connectivity index (χ4n) is 2.49. The molecule has 4 nitrogen and oxygen atoms in total. The van der Waals surface area contributed by atoms with E-state index in [0.29, 0.717) is 12.6 Å². The van der Waals surface area contributed by atoms with Crippen LogP contribution in [-0.2, 0) is 11.2 Å². The van der Waals surface area contributed by atoms with Crippen LogP contribution in [0.25, 0.3) is 0 Å². The number of carbonyl (C=O) groups excluding carboxylic acids is 1. The molecule has 0 unspecified atom stereocenters. The van der Waals surface area contributed by atoms with E-state index in [1.165, 1.54) is 5.01 Å². The van der Waals surface area contributed by atoms with Crippen LogP contribution in [0.5, 0.6) is 0 Å². The van der Waals surface area contributed by atoms with Crippen LogP contribution in [-0.4, -0.2) is 30.0 Å². The molecule has 0 saturated carbocycles. The van der Waals surface area contributed by atoms with Crippen molar-refractivity contribution in [2.75, 3.05) is 13.1 Å². The van der Waals surface area contributed by atoms with Crippen molar-refractivity contribution in [3.63, 3.8) is 0 Å². The van der Waals surface area contributed by atoms with Crippen LogP contribution < -0.4 is 11.2 Å².